The van der Waals surface area contributed by atoms with Gasteiger partial charge in [0.25, 0.3) is 11.8 Å². The molecule has 0 aliphatic carbocycles. The summed E-state index contributed by atoms with van der Waals surface area (Å²) in [6.45, 7) is 6.73. The molecule has 154 valence electrons. The van der Waals surface area contributed by atoms with Crippen molar-refractivity contribution in [2.75, 3.05) is 23.3 Å². The molecule has 1 saturated heterocycles. The molecular weight excluding hydrogens is 366 g/mol. The normalized spacial score (nSPS) is 16.0. The summed E-state index contributed by atoms with van der Waals surface area (Å²) < 4.78 is 1.91. The fourth-order valence-corrected chi connectivity index (χ4v) is 4.15. The third kappa shape index (κ3) is 4.13. The van der Waals surface area contributed by atoms with Crippen molar-refractivity contribution in [2.24, 2.45) is 0 Å². The van der Waals surface area contributed by atoms with Crippen LogP contribution in [0.4, 0.5) is 11.4 Å². The number of hydrogen-bond acceptors (Lipinski definition) is 4. The Balaban J connectivity index is 1.53. The van der Waals surface area contributed by atoms with Crippen LogP contribution >= 0.6 is 0 Å². The van der Waals surface area contributed by atoms with Gasteiger partial charge in [-0.1, -0.05) is 0 Å². The molecule has 2 amide bonds. The predicted molar refractivity (Wildman–Crippen MR) is 114 cm³/mol. The number of rotatable bonds is 5. The minimum Gasteiger partial charge on any atom is -0.372 e. The molecule has 2 aliphatic heterocycles. The van der Waals surface area contributed by atoms with Crippen LogP contribution < -0.4 is 15.5 Å². The van der Waals surface area contributed by atoms with Crippen molar-refractivity contribution in [1.29, 1.82) is 0 Å². The van der Waals surface area contributed by atoms with E-state index in [4.69, 9.17) is 0 Å². The van der Waals surface area contributed by atoms with Gasteiger partial charge in [-0.2, -0.15) is 0 Å². The van der Waals surface area contributed by atoms with Crippen molar-refractivity contribution in [2.45, 2.75) is 58.5 Å². The Morgan fingerprint density at radius 1 is 0.966 bits per heavy atom. The number of amides is 2. The summed E-state index contributed by atoms with van der Waals surface area (Å²) in [5.74, 6) is -0.145. The van der Waals surface area contributed by atoms with Crippen molar-refractivity contribution < 1.29 is 9.59 Å². The van der Waals surface area contributed by atoms with E-state index in [0.717, 1.165) is 50.3 Å². The zero-order valence-electron chi connectivity index (χ0n) is 17.2. The highest BCUT2D eigenvalue weighted by Crippen LogP contribution is 2.24. The molecule has 2 N–H and O–H groups in total. The number of fused-ring (bicyclic) bond motifs is 1. The summed E-state index contributed by atoms with van der Waals surface area (Å²) in [6.07, 6.45) is 5.22. The van der Waals surface area contributed by atoms with Gasteiger partial charge in [0.05, 0.1) is 5.69 Å². The van der Waals surface area contributed by atoms with E-state index < -0.39 is 0 Å². The summed E-state index contributed by atoms with van der Waals surface area (Å²) in [4.78, 5) is 32.3. The van der Waals surface area contributed by atoms with Gasteiger partial charge in [-0.05, 0) is 70.2 Å². The highest BCUT2D eigenvalue weighted by molar-refractivity contribution is 6.05. The van der Waals surface area contributed by atoms with Crippen LogP contribution in [0.3, 0.4) is 0 Å². The third-order valence-corrected chi connectivity index (χ3v) is 5.55. The minimum atomic E-state index is -0.256. The van der Waals surface area contributed by atoms with Crippen molar-refractivity contribution in [3.63, 3.8) is 0 Å². The lowest BCUT2D eigenvalue weighted by molar-refractivity contribution is 0.0927. The maximum Gasteiger partial charge on any atom is 0.287 e. The highest BCUT2D eigenvalue weighted by Gasteiger charge is 2.27. The average molecular weight is 396 g/mol. The monoisotopic (exact) mass is 395 g/mol. The first-order valence-electron chi connectivity index (χ1n) is 10.6. The molecule has 0 radical (unpaired) electrons. The van der Waals surface area contributed by atoms with Gasteiger partial charge in [-0.15, -0.1) is 0 Å². The first-order valence-corrected chi connectivity index (χ1v) is 10.6. The van der Waals surface area contributed by atoms with E-state index in [1.807, 2.05) is 42.7 Å². The number of anilines is 2. The van der Waals surface area contributed by atoms with Crippen molar-refractivity contribution in [1.82, 2.24) is 14.9 Å². The molecule has 7 nitrogen and oxygen atoms in total. The smallest absolute Gasteiger partial charge is 0.287 e. The second-order valence-electron chi connectivity index (χ2n) is 8.16. The zero-order valence-corrected chi connectivity index (χ0v) is 17.2. The Bertz CT molecular complexity index is 895. The number of hydrogen-bond donors (Lipinski definition) is 2. The largest absolute Gasteiger partial charge is 0.372 e. The van der Waals surface area contributed by atoms with Crippen LogP contribution in [0.25, 0.3) is 0 Å². The van der Waals surface area contributed by atoms with E-state index in [2.05, 4.69) is 20.5 Å². The first kappa shape index (κ1) is 19.5. The fourth-order valence-electron chi connectivity index (χ4n) is 4.15. The van der Waals surface area contributed by atoms with E-state index in [1.54, 1.807) is 0 Å². The molecule has 3 heterocycles. The molecule has 1 aromatic carbocycles. The number of imidazole rings is 1. The maximum atomic E-state index is 13.0. The van der Waals surface area contributed by atoms with Crippen LogP contribution in [0.1, 0.15) is 66.3 Å². The lowest BCUT2D eigenvalue weighted by Crippen LogP contribution is -2.33. The van der Waals surface area contributed by atoms with Crippen LogP contribution in [0.5, 0.6) is 0 Å². The second-order valence-corrected chi connectivity index (χ2v) is 8.16. The van der Waals surface area contributed by atoms with E-state index in [1.165, 1.54) is 18.5 Å². The number of aromatic nitrogens is 2. The minimum absolute atomic E-state index is 0.0189. The predicted octanol–water partition coefficient (Wildman–Crippen LogP) is 3.21. The quantitative estimate of drug-likeness (QED) is 0.815. The van der Waals surface area contributed by atoms with E-state index in [-0.39, 0.29) is 17.9 Å². The fraction of sp³-hybridized carbons (Fsp3) is 0.500. The van der Waals surface area contributed by atoms with Gasteiger partial charge in [0.1, 0.15) is 0 Å². The molecular formula is C22H29N5O2. The molecule has 0 bridgehead atoms. The van der Waals surface area contributed by atoms with Gasteiger partial charge in [-0.25, -0.2) is 4.98 Å². The van der Waals surface area contributed by atoms with Crippen LogP contribution in [0, 0.1) is 0 Å². The molecule has 1 fully saturated rings. The Kier molecular flexibility index (Phi) is 5.56. The number of benzene rings is 1. The molecule has 29 heavy (non-hydrogen) atoms. The van der Waals surface area contributed by atoms with Gasteiger partial charge in [0, 0.05) is 37.1 Å². The van der Waals surface area contributed by atoms with Gasteiger partial charge < -0.3 is 20.1 Å². The summed E-state index contributed by atoms with van der Waals surface area (Å²) in [7, 11) is 0. The summed E-state index contributed by atoms with van der Waals surface area (Å²) in [5.41, 5.74) is 3.15. The lowest BCUT2D eigenvalue weighted by Gasteiger charge is -2.18. The Labute approximate surface area is 171 Å². The average Bonchev–Trinajstić information content (AvgIpc) is 3.36. The molecule has 0 saturated carbocycles. The Morgan fingerprint density at radius 3 is 2.34 bits per heavy atom. The zero-order chi connectivity index (χ0) is 20.4. The topological polar surface area (TPSA) is 79.3 Å². The summed E-state index contributed by atoms with van der Waals surface area (Å²) >= 11 is 0. The molecule has 0 spiro atoms. The molecule has 0 unspecified atom stereocenters. The Hall–Kier alpha value is -2.83. The van der Waals surface area contributed by atoms with Crippen LogP contribution in [0.2, 0.25) is 0 Å². The summed E-state index contributed by atoms with van der Waals surface area (Å²) in [5, 5.41) is 5.84. The maximum absolute atomic E-state index is 13.0. The second kappa shape index (κ2) is 8.27. The van der Waals surface area contributed by atoms with Crippen LogP contribution in [-0.4, -0.2) is 40.5 Å². The van der Waals surface area contributed by atoms with E-state index >= 15 is 0 Å². The van der Waals surface area contributed by atoms with Crippen LogP contribution in [-0.2, 0) is 13.0 Å². The third-order valence-electron chi connectivity index (χ3n) is 5.55. The van der Waals surface area contributed by atoms with Crippen LogP contribution in [0.15, 0.2) is 24.3 Å². The van der Waals surface area contributed by atoms with Gasteiger partial charge in [-0.3, -0.25) is 9.59 Å². The number of nitrogens with zero attached hydrogens (tertiary/aromatic N) is 3. The molecule has 2 aliphatic rings. The molecule has 4 rings (SSSR count). The van der Waals surface area contributed by atoms with E-state index in [0.29, 0.717) is 11.5 Å². The highest BCUT2D eigenvalue weighted by atomic mass is 16.2. The number of carbonyl (C=O) groups is 2. The van der Waals surface area contributed by atoms with Crippen molar-refractivity contribution in [3.05, 3.63) is 41.5 Å². The van der Waals surface area contributed by atoms with Gasteiger partial charge in [0.2, 0.25) is 0 Å². The number of nitrogens with one attached hydrogen (secondary N) is 2. The molecule has 2 aromatic rings. The van der Waals surface area contributed by atoms with Gasteiger partial charge in [0.15, 0.2) is 11.5 Å². The molecule has 1 aromatic heterocycles. The standard InChI is InChI=1S/C22H29N5O2/c1-15(2)23-22(29)20-25-19(18-7-3-4-14-27(18)20)21(28)24-16-8-10-17(11-9-16)26-12-5-6-13-26/h8-11,15H,3-7,12-14H2,1-2H3,(H,23,29)(H,24,28). The first-order chi connectivity index (χ1) is 14.0. The molecule has 0 atom stereocenters. The van der Waals surface area contributed by atoms with Gasteiger partial charge >= 0.3 is 0 Å². The lowest BCUT2D eigenvalue weighted by atomic mass is 10.1. The summed E-state index contributed by atoms with van der Waals surface area (Å²) in [6, 6.07) is 7.97. The Morgan fingerprint density at radius 2 is 1.66 bits per heavy atom. The van der Waals surface area contributed by atoms with E-state index in [9.17, 15) is 9.59 Å². The SMILES string of the molecule is CC(C)NC(=O)c1nc(C(=O)Nc2ccc(N3CCCC3)cc2)c2n1CCCC2. The van der Waals surface area contributed by atoms with Crippen molar-refractivity contribution >= 4 is 23.2 Å². The number of carbonyl (C=O) groups excluding carboxylic acids is 2. The molecule has 7 heteroatoms. The van der Waals surface area contributed by atoms with Crippen molar-refractivity contribution in [3.8, 4) is 0 Å².